The van der Waals surface area contributed by atoms with Crippen molar-refractivity contribution in [2.45, 2.75) is 12.5 Å². The molecule has 0 saturated carbocycles. The molecule has 3 aromatic rings. The van der Waals surface area contributed by atoms with E-state index in [1.807, 2.05) is 6.07 Å². The molecule has 2 N–H and O–H groups in total. The van der Waals surface area contributed by atoms with Gasteiger partial charge in [-0.3, -0.25) is 9.36 Å². The minimum absolute atomic E-state index is 0.125. The van der Waals surface area contributed by atoms with Crippen molar-refractivity contribution in [3.8, 4) is 5.88 Å². The largest absolute Gasteiger partial charge is 0.493 e. The van der Waals surface area contributed by atoms with Gasteiger partial charge in [-0.1, -0.05) is 41.9 Å². The number of carbonyl (C=O) groups excluding carboxylic acids is 1. The molecule has 10 heteroatoms. The number of benzene rings is 2. The predicted octanol–water partition coefficient (Wildman–Crippen LogP) is 3.63. The van der Waals surface area contributed by atoms with Crippen molar-refractivity contribution in [3.63, 3.8) is 0 Å². The van der Waals surface area contributed by atoms with Gasteiger partial charge in [0.25, 0.3) is 5.91 Å². The molecule has 1 amide bonds. The highest BCUT2D eigenvalue weighted by Crippen LogP contribution is 2.36. The van der Waals surface area contributed by atoms with E-state index in [-0.39, 0.29) is 26.7 Å². The molecule has 0 radical (unpaired) electrons. The van der Waals surface area contributed by atoms with Gasteiger partial charge in [0.05, 0.1) is 16.0 Å². The Hall–Kier alpha value is -2.33. The van der Waals surface area contributed by atoms with E-state index in [0.717, 1.165) is 16.9 Å². The molecule has 0 spiro atoms. The second kappa shape index (κ2) is 8.07. The Kier molecular flexibility index (Phi) is 5.63. The molecule has 152 valence electrons. The van der Waals surface area contributed by atoms with Crippen molar-refractivity contribution in [1.29, 1.82) is 0 Å². The zero-order valence-electron chi connectivity index (χ0n) is 15.0. The Bertz CT molecular complexity index is 1380. The maximum atomic E-state index is 12.6. The first-order valence-corrected chi connectivity index (χ1v) is 11.0. The maximum Gasteiger partial charge on any atom is 0.327 e. The average Bonchev–Trinajstić information content (AvgIpc) is 3.15. The predicted molar refractivity (Wildman–Crippen MR) is 119 cm³/mol. The highest BCUT2D eigenvalue weighted by molar-refractivity contribution is 9.10. The molecule has 0 aliphatic carbocycles. The van der Waals surface area contributed by atoms with Crippen LogP contribution in [0.2, 0.25) is 5.02 Å². The van der Waals surface area contributed by atoms with Gasteiger partial charge >= 0.3 is 5.97 Å². The number of nitrogens with zero attached hydrogens (tertiary/aromatic N) is 2. The zero-order chi connectivity index (χ0) is 21.6. The third kappa shape index (κ3) is 3.62. The van der Waals surface area contributed by atoms with Gasteiger partial charge in [0, 0.05) is 16.1 Å². The van der Waals surface area contributed by atoms with Gasteiger partial charge in [-0.2, -0.15) is 0 Å². The lowest BCUT2D eigenvalue weighted by Crippen LogP contribution is -2.23. The summed E-state index contributed by atoms with van der Waals surface area (Å²) in [4.78, 5) is 28.8. The third-order valence-electron chi connectivity index (χ3n) is 4.66. The summed E-state index contributed by atoms with van der Waals surface area (Å²) in [7, 11) is 0. The van der Waals surface area contributed by atoms with Crippen molar-refractivity contribution in [3.05, 3.63) is 76.9 Å². The Morgan fingerprint density at radius 2 is 2.00 bits per heavy atom. The molecule has 2 aromatic carbocycles. The second-order valence-electron chi connectivity index (χ2n) is 6.51. The first-order chi connectivity index (χ1) is 14.3. The van der Waals surface area contributed by atoms with E-state index in [1.54, 1.807) is 36.4 Å². The highest BCUT2D eigenvalue weighted by atomic mass is 79.9. The fraction of sp³-hybridized carbons (Fsp3) is 0.100. The van der Waals surface area contributed by atoms with Crippen LogP contribution in [-0.2, 0) is 16.0 Å². The quantitative estimate of drug-likeness (QED) is 0.499. The van der Waals surface area contributed by atoms with E-state index < -0.39 is 17.9 Å². The summed E-state index contributed by atoms with van der Waals surface area (Å²) >= 11 is 15.7. The van der Waals surface area contributed by atoms with E-state index in [4.69, 9.17) is 23.8 Å². The van der Waals surface area contributed by atoms with Gasteiger partial charge in [0.1, 0.15) is 10.9 Å². The zero-order valence-corrected chi connectivity index (χ0v) is 19.0. The Morgan fingerprint density at radius 3 is 2.67 bits per heavy atom. The molecule has 6 nitrogen and oxygen atoms in total. The number of carboxylic acid groups (broad SMARTS) is 1. The molecule has 0 bridgehead atoms. The first kappa shape index (κ1) is 20.9. The second-order valence-corrected chi connectivity index (χ2v) is 9.42. The van der Waals surface area contributed by atoms with E-state index >= 15 is 0 Å². The number of fused-ring (bicyclic) bond motifs is 1. The maximum absolute atomic E-state index is 12.6. The van der Waals surface area contributed by atoms with Crippen LogP contribution in [0.1, 0.15) is 16.5 Å². The minimum atomic E-state index is -1.14. The normalized spacial score (nSPS) is 13.8. The number of aliphatic carboxylic acids is 1. The molecule has 1 aliphatic rings. The van der Waals surface area contributed by atoms with E-state index in [9.17, 15) is 19.8 Å². The number of carboxylic acids is 1. The van der Waals surface area contributed by atoms with Crippen LogP contribution in [-0.4, -0.2) is 26.7 Å². The Morgan fingerprint density at radius 1 is 1.30 bits per heavy atom. The van der Waals surface area contributed by atoms with E-state index in [2.05, 4.69) is 20.9 Å². The summed E-state index contributed by atoms with van der Waals surface area (Å²) in [5, 5.41) is 22.0. The van der Waals surface area contributed by atoms with Crippen molar-refractivity contribution >= 4 is 68.5 Å². The lowest BCUT2D eigenvalue weighted by atomic mass is 10.1. The SMILES string of the molecule is O=C1N=c2cc(Cl)c(Br)cc2=C1c1sc(=S)n(C(Cc2ccccc2)C(=O)O)c1O. The van der Waals surface area contributed by atoms with Gasteiger partial charge in [-0.25, -0.2) is 9.79 Å². The molecule has 2 heterocycles. The molecular weight excluding hydrogens is 512 g/mol. The molecule has 0 saturated heterocycles. The first-order valence-electron chi connectivity index (χ1n) is 8.61. The minimum Gasteiger partial charge on any atom is -0.493 e. The summed E-state index contributed by atoms with van der Waals surface area (Å²) in [6.45, 7) is 0. The summed E-state index contributed by atoms with van der Waals surface area (Å²) in [5.74, 6) is -2.06. The number of thiazole rings is 1. The average molecular weight is 524 g/mol. The van der Waals surface area contributed by atoms with E-state index in [0.29, 0.717) is 20.1 Å². The third-order valence-corrected chi connectivity index (χ3v) is 7.26. The van der Waals surface area contributed by atoms with Crippen molar-refractivity contribution in [2.24, 2.45) is 4.99 Å². The number of hydrogen-bond acceptors (Lipinski definition) is 5. The topological polar surface area (TPSA) is 91.9 Å². The summed E-state index contributed by atoms with van der Waals surface area (Å²) in [6, 6.07) is 11.1. The number of rotatable bonds is 5. The number of amides is 1. The molecule has 1 unspecified atom stereocenters. The number of hydrogen-bond donors (Lipinski definition) is 2. The number of carbonyl (C=O) groups is 2. The van der Waals surface area contributed by atoms with Crippen molar-refractivity contribution < 1.29 is 19.8 Å². The lowest BCUT2D eigenvalue weighted by molar-refractivity contribution is -0.141. The standard InChI is InChI=1S/C20H12BrClN2O4S2/c21-11-7-10-13(8-12(11)22)23-17(25)15(10)16-18(26)24(20(29)30-16)14(19(27)28)6-9-4-2-1-3-5-9/h1-5,7-8,14,26H,6H2,(H,27,28). The van der Waals surface area contributed by atoms with Crippen molar-refractivity contribution in [1.82, 2.24) is 4.57 Å². The summed E-state index contributed by atoms with van der Waals surface area (Å²) in [5.41, 5.74) is 0.945. The fourth-order valence-electron chi connectivity index (χ4n) is 3.27. The lowest BCUT2D eigenvalue weighted by Gasteiger charge is -2.15. The van der Waals surface area contributed by atoms with Crippen LogP contribution in [0.15, 0.2) is 51.9 Å². The summed E-state index contributed by atoms with van der Waals surface area (Å²) < 4.78 is 1.89. The molecule has 1 aliphatic heterocycles. The van der Waals surface area contributed by atoms with Gasteiger partial charge < -0.3 is 10.2 Å². The number of aromatic hydroxyl groups is 1. The summed E-state index contributed by atoms with van der Waals surface area (Å²) in [6.07, 6.45) is 0.125. The van der Waals surface area contributed by atoms with Crippen LogP contribution in [0.25, 0.3) is 5.57 Å². The van der Waals surface area contributed by atoms with Crippen LogP contribution in [0.3, 0.4) is 0 Å². The van der Waals surface area contributed by atoms with Crippen LogP contribution >= 0.6 is 51.1 Å². The van der Waals surface area contributed by atoms with Crippen LogP contribution in [0.5, 0.6) is 5.88 Å². The van der Waals surface area contributed by atoms with Gasteiger partial charge in [-0.15, -0.1) is 11.3 Å². The molecule has 1 atom stereocenters. The van der Waals surface area contributed by atoms with Gasteiger partial charge in [-0.05, 0) is 45.8 Å². The van der Waals surface area contributed by atoms with Crippen LogP contribution in [0.4, 0.5) is 0 Å². The monoisotopic (exact) mass is 522 g/mol. The Balaban J connectivity index is 1.89. The van der Waals surface area contributed by atoms with Crippen LogP contribution in [0, 0.1) is 3.95 Å². The van der Waals surface area contributed by atoms with Crippen molar-refractivity contribution in [2.75, 3.05) is 0 Å². The van der Waals surface area contributed by atoms with Gasteiger partial charge in [0.15, 0.2) is 3.95 Å². The molecule has 1 aromatic heterocycles. The molecule has 30 heavy (non-hydrogen) atoms. The Labute approximate surface area is 192 Å². The van der Waals surface area contributed by atoms with E-state index in [1.165, 1.54) is 4.57 Å². The molecular formula is C20H12BrClN2O4S2. The van der Waals surface area contributed by atoms with Gasteiger partial charge in [0.2, 0.25) is 5.88 Å². The van der Waals surface area contributed by atoms with Crippen LogP contribution < -0.4 is 10.6 Å². The molecule has 4 rings (SSSR count). The number of aromatic nitrogens is 1. The molecule has 0 fully saturated rings. The fourth-order valence-corrected chi connectivity index (χ4v) is 5.21. The smallest absolute Gasteiger partial charge is 0.327 e. The number of halogens is 2. The highest BCUT2D eigenvalue weighted by Gasteiger charge is 2.30.